The van der Waals surface area contributed by atoms with Crippen LogP contribution in [0.2, 0.25) is 0 Å². The summed E-state index contributed by atoms with van der Waals surface area (Å²) in [6.07, 6.45) is 0.820. The smallest absolute Gasteiger partial charge is 0.348 e. The molecule has 0 bridgehead atoms. The SMILES string of the molecule is CCOC(=O)c1sc2cc(OC)ccc2c1CC. The predicted octanol–water partition coefficient (Wildman–Crippen LogP) is 3.65. The molecule has 0 aliphatic carbocycles. The van der Waals surface area contributed by atoms with Crippen LogP contribution < -0.4 is 4.74 Å². The highest BCUT2D eigenvalue weighted by atomic mass is 32.1. The molecule has 2 rings (SSSR count). The lowest BCUT2D eigenvalue weighted by Crippen LogP contribution is -2.04. The van der Waals surface area contributed by atoms with Crippen LogP contribution >= 0.6 is 11.3 Å². The van der Waals surface area contributed by atoms with Gasteiger partial charge < -0.3 is 9.47 Å². The van der Waals surface area contributed by atoms with Crippen molar-refractivity contribution in [3.63, 3.8) is 0 Å². The number of hydrogen-bond acceptors (Lipinski definition) is 4. The molecule has 3 nitrogen and oxygen atoms in total. The number of aryl methyl sites for hydroxylation is 1. The van der Waals surface area contributed by atoms with Gasteiger partial charge in [-0.3, -0.25) is 0 Å². The monoisotopic (exact) mass is 264 g/mol. The van der Waals surface area contributed by atoms with Gasteiger partial charge in [-0.15, -0.1) is 11.3 Å². The van der Waals surface area contributed by atoms with Gasteiger partial charge in [0.2, 0.25) is 0 Å². The van der Waals surface area contributed by atoms with Crippen molar-refractivity contribution in [1.29, 1.82) is 0 Å². The Morgan fingerprint density at radius 1 is 1.33 bits per heavy atom. The number of methoxy groups -OCH3 is 1. The normalized spacial score (nSPS) is 10.6. The van der Waals surface area contributed by atoms with Crippen molar-refractivity contribution < 1.29 is 14.3 Å². The predicted molar refractivity (Wildman–Crippen MR) is 73.7 cm³/mol. The van der Waals surface area contributed by atoms with Crippen LogP contribution in [-0.4, -0.2) is 19.7 Å². The Morgan fingerprint density at radius 3 is 2.72 bits per heavy atom. The second-order valence-electron chi connectivity index (χ2n) is 3.85. The van der Waals surface area contributed by atoms with Gasteiger partial charge in [-0.25, -0.2) is 4.79 Å². The molecule has 0 radical (unpaired) electrons. The lowest BCUT2D eigenvalue weighted by molar-refractivity contribution is 0.0531. The molecule has 18 heavy (non-hydrogen) atoms. The van der Waals surface area contributed by atoms with Gasteiger partial charge in [0.25, 0.3) is 0 Å². The van der Waals surface area contributed by atoms with Crippen molar-refractivity contribution in [3.05, 3.63) is 28.6 Å². The molecule has 0 aliphatic rings. The largest absolute Gasteiger partial charge is 0.497 e. The molecule has 0 saturated heterocycles. The topological polar surface area (TPSA) is 35.5 Å². The third-order valence-corrected chi connectivity index (χ3v) is 3.99. The zero-order chi connectivity index (χ0) is 13.1. The van der Waals surface area contributed by atoms with Crippen LogP contribution in [0, 0.1) is 0 Å². The standard InChI is InChI=1S/C14H16O3S/c1-4-10-11-7-6-9(16-3)8-12(11)18-13(10)14(15)17-5-2/h6-8H,4-5H2,1-3H3. The van der Waals surface area contributed by atoms with Crippen LogP contribution in [0.5, 0.6) is 5.75 Å². The van der Waals surface area contributed by atoms with Crippen LogP contribution in [0.25, 0.3) is 10.1 Å². The third kappa shape index (κ3) is 2.20. The highest BCUT2D eigenvalue weighted by Crippen LogP contribution is 2.34. The quantitative estimate of drug-likeness (QED) is 0.791. The van der Waals surface area contributed by atoms with E-state index in [4.69, 9.17) is 9.47 Å². The van der Waals surface area contributed by atoms with E-state index in [9.17, 15) is 4.79 Å². The number of carbonyl (C=O) groups excluding carboxylic acids is 1. The second-order valence-corrected chi connectivity index (χ2v) is 4.90. The van der Waals surface area contributed by atoms with E-state index in [2.05, 4.69) is 6.92 Å². The average molecular weight is 264 g/mol. The molecular weight excluding hydrogens is 248 g/mol. The van der Waals surface area contributed by atoms with E-state index in [1.165, 1.54) is 11.3 Å². The fourth-order valence-corrected chi connectivity index (χ4v) is 3.19. The van der Waals surface area contributed by atoms with Crippen molar-refractivity contribution in [2.45, 2.75) is 20.3 Å². The number of ether oxygens (including phenoxy) is 2. The summed E-state index contributed by atoms with van der Waals surface area (Å²) in [6, 6.07) is 5.89. The number of thiophene rings is 1. The molecule has 0 atom stereocenters. The Hall–Kier alpha value is -1.55. The second kappa shape index (κ2) is 5.40. The Balaban J connectivity index is 2.56. The summed E-state index contributed by atoms with van der Waals surface area (Å²) in [5.74, 6) is 0.580. The summed E-state index contributed by atoms with van der Waals surface area (Å²) in [4.78, 5) is 12.6. The molecule has 0 unspecified atom stereocenters. The molecule has 96 valence electrons. The first-order valence-corrected chi connectivity index (χ1v) is 6.79. The zero-order valence-corrected chi connectivity index (χ0v) is 11.6. The summed E-state index contributed by atoms with van der Waals surface area (Å²) in [5, 5.41) is 1.12. The first-order chi connectivity index (χ1) is 8.71. The molecule has 0 saturated carbocycles. The van der Waals surface area contributed by atoms with E-state index >= 15 is 0 Å². The van der Waals surface area contributed by atoms with Gasteiger partial charge in [-0.05, 0) is 42.5 Å². The van der Waals surface area contributed by atoms with Gasteiger partial charge in [0, 0.05) is 4.70 Å². The molecule has 1 aromatic carbocycles. The van der Waals surface area contributed by atoms with Crippen molar-refractivity contribution >= 4 is 27.4 Å². The Bertz CT molecular complexity index is 572. The van der Waals surface area contributed by atoms with Crippen LogP contribution in [0.4, 0.5) is 0 Å². The van der Waals surface area contributed by atoms with Crippen molar-refractivity contribution in [1.82, 2.24) is 0 Å². The summed E-state index contributed by atoms with van der Waals surface area (Å²) in [7, 11) is 1.64. The molecule has 0 N–H and O–H groups in total. The summed E-state index contributed by atoms with van der Waals surface area (Å²) >= 11 is 1.47. The van der Waals surface area contributed by atoms with Crippen LogP contribution in [0.1, 0.15) is 29.1 Å². The molecule has 1 heterocycles. The molecule has 0 fully saturated rings. The Labute approximate surface area is 110 Å². The third-order valence-electron chi connectivity index (χ3n) is 2.81. The van der Waals surface area contributed by atoms with Crippen LogP contribution in [-0.2, 0) is 11.2 Å². The zero-order valence-electron chi connectivity index (χ0n) is 10.8. The first kappa shape index (κ1) is 12.9. The molecular formula is C14H16O3S. The van der Waals surface area contributed by atoms with Crippen molar-refractivity contribution in [3.8, 4) is 5.75 Å². The van der Waals surface area contributed by atoms with Crippen LogP contribution in [0.15, 0.2) is 18.2 Å². The van der Waals surface area contributed by atoms with Crippen molar-refractivity contribution in [2.24, 2.45) is 0 Å². The Morgan fingerprint density at radius 2 is 2.11 bits per heavy atom. The highest BCUT2D eigenvalue weighted by Gasteiger charge is 2.18. The number of rotatable bonds is 4. The van der Waals surface area contributed by atoms with E-state index in [1.807, 2.05) is 25.1 Å². The van der Waals surface area contributed by atoms with Gasteiger partial charge in [0.1, 0.15) is 10.6 Å². The van der Waals surface area contributed by atoms with E-state index in [1.54, 1.807) is 7.11 Å². The van der Waals surface area contributed by atoms with E-state index in [-0.39, 0.29) is 5.97 Å². The lowest BCUT2D eigenvalue weighted by Gasteiger charge is -2.02. The minimum Gasteiger partial charge on any atom is -0.497 e. The van der Waals surface area contributed by atoms with Crippen molar-refractivity contribution in [2.75, 3.05) is 13.7 Å². The molecule has 1 aromatic heterocycles. The van der Waals surface area contributed by atoms with Gasteiger partial charge in [-0.2, -0.15) is 0 Å². The molecule has 0 spiro atoms. The lowest BCUT2D eigenvalue weighted by atomic mass is 10.1. The van der Waals surface area contributed by atoms with Gasteiger partial charge in [0.15, 0.2) is 0 Å². The Kier molecular flexibility index (Phi) is 3.87. The minimum absolute atomic E-state index is 0.227. The molecule has 0 aliphatic heterocycles. The fraction of sp³-hybridized carbons (Fsp3) is 0.357. The maximum Gasteiger partial charge on any atom is 0.348 e. The van der Waals surface area contributed by atoms with Crippen LogP contribution in [0.3, 0.4) is 0 Å². The number of esters is 1. The molecule has 0 amide bonds. The van der Waals surface area contributed by atoms with Gasteiger partial charge in [-0.1, -0.05) is 6.92 Å². The minimum atomic E-state index is -0.227. The number of benzene rings is 1. The highest BCUT2D eigenvalue weighted by molar-refractivity contribution is 7.21. The summed E-state index contributed by atoms with van der Waals surface area (Å²) in [6.45, 7) is 4.27. The first-order valence-electron chi connectivity index (χ1n) is 5.97. The number of fused-ring (bicyclic) bond motifs is 1. The van der Waals surface area contributed by atoms with Gasteiger partial charge >= 0.3 is 5.97 Å². The molecule has 2 aromatic rings. The van der Waals surface area contributed by atoms with E-state index < -0.39 is 0 Å². The van der Waals surface area contributed by atoms with E-state index in [0.29, 0.717) is 11.5 Å². The maximum atomic E-state index is 11.9. The number of hydrogen-bond donors (Lipinski definition) is 0. The van der Waals surface area contributed by atoms with Gasteiger partial charge in [0.05, 0.1) is 13.7 Å². The summed E-state index contributed by atoms with van der Waals surface area (Å²) in [5.41, 5.74) is 1.07. The van der Waals surface area contributed by atoms with E-state index in [0.717, 1.165) is 27.8 Å². The molecule has 4 heteroatoms. The number of carbonyl (C=O) groups is 1. The fourth-order valence-electron chi connectivity index (χ4n) is 1.97. The average Bonchev–Trinajstić information content (AvgIpc) is 2.76. The maximum absolute atomic E-state index is 11.9. The summed E-state index contributed by atoms with van der Waals surface area (Å²) < 4.78 is 11.4.